The van der Waals surface area contributed by atoms with E-state index < -0.39 is 0 Å². The second-order valence-electron chi connectivity index (χ2n) is 6.40. The molecule has 0 aliphatic carbocycles. The highest BCUT2D eigenvalue weighted by Crippen LogP contribution is 2.28. The molecule has 5 heteroatoms. The molecule has 0 amide bonds. The van der Waals surface area contributed by atoms with Gasteiger partial charge in [0, 0.05) is 24.5 Å². The normalized spacial score (nSPS) is 18.9. The highest BCUT2D eigenvalue weighted by atomic mass is 35.5. The molecule has 0 spiro atoms. The van der Waals surface area contributed by atoms with Gasteiger partial charge in [-0.1, -0.05) is 35.9 Å². The van der Waals surface area contributed by atoms with Crippen molar-refractivity contribution in [3.63, 3.8) is 0 Å². The number of halogens is 1. The van der Waals surface area contributed by atoms with Gasteiger partial charge in [-0.25, -0.2) is 0 Å². The van der Waals surface area contributed by atoms with Gasteiger partial charge in [-0.2, -0.15) is 0 Å². The first-order chi connectivity index (χ1) is 12.0. The van der Waals surface area contributed by atoms with Gasteiger partial charge in [-0.3, -0.25) is 9.69 Å². The minimum Gasteiger partial charge on any atom is -0.427 e. The molecule has 0 radical (unpaired) electrons. The Morgan fingerprint density at radius 3 is 2.76 bits per heavy atom. The van der Waals surface area contributed by atoms with Crippen LogP contribution in [0.3, 0.4) is 0 Å². The number of nitrogens with zero attached hydrogens (tertiary/aromatic N) is 1. The van der Waals surface area contributed by atoms with Gasteiger partial charge >= 0.3 is 5.97 Å². The van der Waals surface area contributed by atoms with Crippen LogP contribution in [0.5, 0.6) is 5.75 Å². The van der Waals surface area contributed by atoms with Crippen LogP contribution in [0.15, 0.2) is 48.5 Å². The molecule has 4 nitrogen and oxygen atoms in total. The summed E-state index contributed by atoms with van der Waals surface area (Å²) in [6.07, 6.45) is 0.971. The van der Waals surface area contributed by atoms with E-state index in [0.717, 1.165) is 23.6 Å². The lowest BCUT2D eigenvalue weighted by Crippen LogP contribution is -2.32. The number of hydrogen-bond acceptors (Lipinski definition) is 4. The Kier molecular flexibility index (Phi) is 5.74. The summed E-state index contributed by atoms with van der Waals surface area (Å²) in [5.41, 5.74) is 2.32. The predicted octanol–water partition coefficient (Wildman–Crippen LogP) is 4.23. The Hall–Kier alpha value is -1.88. The van der Waals surface area contributed by atoms with Gasteiger partial charge in [0.25, 0.3) is 0 Å². The van der Waals surface area contributed by atoms with Gasteiger partial charge in [0.05, 0.1) is 6.10 Å². The third-order valence-electron chi connectivity index (χ3n) is 4.40. The molecule has 1 aliphatic heterocycles. The summed E-state index contributed by atoms with van der Waals surface area (Å²) in [5, 5.41) is 0.737. The van der Waals surface area contributed by atoms with E-state index in [-0.39, 0.29) is 12.1 Å². The van der Waals surface area contributed by atoms with Gasteiger partial charge < -0.3 is 9.47 Å². The summed E-state index contributed by atoms with van der Waals surface area (Å²) >= 11 is 6.07. The fraction of sp³-hybridized carbons (Fsp3) is 0.350. The van der Waals surface area contributed by atoms with Crippen molar-refractivity contribution in [2.45, 2.75) is 32.4 Å². The van der Waals surface area contributed by atoms with E-state index in [1.54, 1.807) is 0 Å². The van der Waals surface area contributed by atoms with Crippen LogP contribution in [0.2, 0.25) is 5.02 Å². The molecule has 2 atom stereocenters. The van der Waals surface area contributed by atoms with Crippen molar-refractivity contribution in [3.05, 3.63) is 64.7 Å². The molecule has 1 fully saturated rings. The van der Waals surface area contributed by atoms with Gasteiger partial charge in [0.2, 0.25) is 0 Å². The fourth-order valence-electron chi connectivity index (χ4n) is 3.05. The summed E-state index contributed by atoms with van der Waals surface area (Å²) in [5.74, 6) is 0.275. The highest BCUT2D eigenvalue weighted by Gasteiger charge is 2.28. The number of carbonyl (C=O) groups is 1. The molecule has 2 aromatic rings. The molecule has 25 heavy (non-hydrogen) atoms. The van der Waals surface area contributed by atoms with Gasteiger partial charge in [0.15, 0.2) is 0 Å². The van der Waals surface area contributed by atoms with Crippen molar-refractivity contribution in [3.8, 4) is 5.75 Å². The van der Waals surface area contributed by atoms with E-state index in [1.807, 2.05) is 42.5 Å². The van der Waals surface area contributed by atoms with Crippen molar-refractivity contribution in [2.24, 2.45) is 0 Å². The third-order valence-corrected chi connectivity index (χ3v) is 4.64. The van der Waals surface area contributed by atoms with Crippen LogP contribution >= 0.6 is 11.6 Å². The van der Waals surface area contributed by atoms with E-state index >= 15 is 0 Å². The molecule has 0 N–H and O–H groups in total. The molecule has 3 rings (SSSR count). The highest BCUT2D eigenvalue weighted by molar-refractivity contribution is 6.30. The van der Waals surface area contributed by atoms with Crippen molar-refractivity contribution in [1.82, 2.24) is 4.90 Å². The first kappa shape index (κ1) is 17.9. The minimum atomic E-state index is -0.303. The Labute approximate surface area is 153 Å². The fourth-order valence-corrected chi connectivity index (χ4v) is 3.25. The maximum absolute atomic E-state index is 11.0. The first-order valence-corrected chi connectivity index (χ1v) is 8.77. The minimum absolute atomic E-state index is 0.0625. The molecule has 1 saturated heterocycles. The first-order valence-electron chi connectivity index (χ1n) is 8.40. The maximum atomic E-state index is 11.0. The molecular formula is C20H22ClNO3. The Morgan fingerprint density at radius 1 is 1.32 bits per heavy atom. The monoisotopic (exact) mass is 359 g/mol. The number of benzene rings is 2. The average Bonchev–Trinajstić information content (AvgIpc) is 3.06. The lowest BCUT2D eigenvalue weighted by molar-refractivity contribution is -0.131. The van der Waals surface area contributed by atoms with Crippen LogP contribution in [0.25, 0.3) is 0 Å². The lowest BCUT2D eigenvalue weighted by atomic mass is 10.0. The summed E-state index contributed by atoms with van der Waals surface area (Å²) in [7, 11) is 0. The zero-order valence-electron chi connectivity index (χ0n) is 14.4. The molecule has 2 aromatic carbocycles. The van der Waals surface area contributed by atoms with E-state index in [4.69, 9.17) is 21.1 Å². The molecule has 1 aliphatic rings. The Morgan fingerprint density at radius 2 is 2.08 bits per heavy atom. The Balaban J connectivity index is 1.57. The van der Waals surface area contributed by atoms with Crippen molar-refractivity contribution in [2.75, 3.05) is 13.3 Å². The summed E-state index contributed by atoms with van der Waals surface area (Å²) in [6, 6.07) is 15.9. The molecule has 2 unspecified atom stereocenters. The molecule has 0 aromatic heterocycles. The number of rotatable bonds is 5. The molecular weight excluding hydrogens is 338 g/mol. The summed E-state index contributed by atoms with van der Waals surface area (Å²) < 4.78 is 11.0. The van der Waals surface area contributed by atoms with Crippen molar-refractivity contribution >= 4 is 17.6 Å². The smallest absolute Gasteiger partial charge is 0.308 e. The van der Waals surface area contributed by atoms with Gasteiger partial charge in [0.1, 0.15) is 12.5 Å². The zero-order chi connectivity index (χ0) is 17.8. The van der Waals surface area contributed by atoms with Crippen LogP contribution in [0.1, 0.15) is 31.1 Å². The van der Waals surface area contributed by atoms with Crippen LogP contribution in [-0.2, 0) is 16.0 Å². The van der Waals surface area contributed by atoms with Crippen LogP contribution in [0, 0.1) is 0 Å². The number of ether oxygens (including phenoxy) is 2. The third kappa shape index (κ3) is 4.82. The van der Waals surface area contributed by atoms with Crippen LogP contribution in [-0.4, -0.2) is 30.2 Å². The zero-order valence-corrected chi connectivity index (χ0v) is 15.2. The number of hydrogen-bond donors (Lipinski definition) is 0. The van der Waals surface area contributed by atoms with Crippen LogP contribution in [0.4, 0.5) is 0 Å². The SMILES string of the molecule is CC(=O)Oc1ccc(CC(C)N2COC(c3cccc(Cl)c3)C2)cc1. The number of esters is 1. The van der Waals surface area contributed by atoms with Crippen LogP contribution < -0.4 is 4.74 Å². The molecule has 0 saturated carbocycles. The lowest BCUT2D eigenvalue weighted by Gasteiger charge is -2.22. The quantitative estimate of drug-likeness (QED) is 0.591. The standard InChI is InChI=1S/C20H22ClNO3/c1-14(10-16-6-8-19(9-7-16)25-15(2)23)22-12-20(24-13-22)17-4-3-5-18(21)11-17/h3-9,11,14,20H,10,12-13H2,1-2H3. The summed E-state index contributed by atoms with van der Waals surface area (Å²) in [6.45, 7) is 5.07. The second-order valence-corrected chi connectivity index (χ2v) is 6.84. The van der Waals surface area contributed by atoms with Crippen molar-refractivity contribution in [1.29, 1.82) is 0 Å². The molecule has 0 bridgehead atoms. The average molecular weight is 360 g/mol. The molecule has 1 heterocycles. The van der Waals surface area contributed by atoms with E-state index in [9.17, 15) is 4.79 Å². The maximum Gasteiger partial charge on any atom is 0.308 e. The topological polar surface area (TPSA) is 38.8 Å². The Bertz CT molecular complexity index is 732. The predicted molar refractivity (Wildman–Crippen MR) is 97.8 cm³/mol. The summed E-state index contributed by atoms with van der Waals surface area (Å²) in [4.78, 5) is 13.3. The van der Waals surface area contributed by atoms with Gasteiger partial charge in [-0.05, 0) is 48.7 Å². The van der Waals surface area contributed by atoms with E-state index in [1.165, 1.54) is 12.5 Å². The van der Waals surface area contributed by atoms with E-state index in [2.05, 4.69) is 17.9 Å². The van der Waals surface area contributed by atoms with Crippen molar-refractivity contribution < 1.29 is 14.3 Å². The molecule has 132 valence electrons. The number of carbonyl (C=O) groups excluding carboxylic acids is 1. The van der Waals surface area contributed by atoms with Gasteiger partial charge in [-0.15, -0.1) is 0 Å². The second kappa shape index (κ2) is 8.00. The van der Waals surface area contributed by atoms with E-state index in [0.29, 0.717) is 18.5 Å². The largest absolute Gasteiger partial charge is 0.427 e.